The molecule has 2 aromatic rings. The lowest BCUT2D eigenvalue weighted by Gasteiger charge is -2.30. The summed E-state index contributed by atoms with van der Waals surface area (Å²) in [5, 5.41) is 7.62. The number of amides is 3. The number of hydrogen-bond acceptors (Lipinski definition) is 5. The van der Waals surface area contributed by atoms with Crippen molar-refractivity contribution < 1.29 is 14.4 Å². The lowest BCUT2D eigenvalue weighted by molar-refractivity contribution is -0.142. The van der Waals surface area contributed by atoms with Crippen LogP contribution in [0.5, 0.6) is 0 Å². The van der Waals surface area contributed by atoms with Gasteiger partial charge in [-0.3, -0.25) is 24.4 Å². The van der Waals surface area contributed by atoms with Gasteiger partial charge in [0.15, 0.2) is 0 Å². The molecule has 9 heteroatoms. The summed E-state index contributed by atoms with van der Waals surface area (Å²) in [7, 11) is 5.45. The average Bonchev–Trinajstić information content (AvgIpc) is 3.29. The highest BCUT2D eigenvalue weighted by atomic mass is 35.5. The van der Waals surface area contributed by atoms with E-state index in [9.17, 15) is 14.4 Å². The van der Waals surface area contributed by atoms with Gasteiger partial charge in [0.1, 0.15) is 0 Å². The van der Waals surface area contributed by atoms with Gasteiger partial charge >= 0.3 is 0 Å². The summed E-state index contributed by atoms with van der Waals surface area (Å²) in [6.45, 7) is 3.24. The molecule has 0 unspecified atom stereocenters. The third-order valence-corrected chi connectivity index (χ3v) is 6.37. The number of imide groups is 1. The molecule has 1 aromatic heterocycles. The van der Waals surface area contributed by atoms with E-state index in [2.05, 4.69) is 17.1 Å². The highest BCUT2D eigenvalue weighted by Gasteiger charge is 2.54. The fraction of sp³-hybridized carbons (Fsp3) is 0.500. The number of aromatic nitrogens is 2. The highest BCUT2D eigenvalue weighted by Crippen LogP contribution is 2.43. The number of benzene rings is 1. The summed E-state index contributed by atoms with van der Waals surface area (Å²) < 4.78 is 0. The largest absolute Gasteiger partial charge is 0.340 e. The first kappa shape index (κ1) is 24.9. The first-order valence-corrected chi connectivity index (χ1v) is 11.6. The molecule has 1 saturated heterocycles. The van der Waals surface area contributed by atoms with Crippen LogP contribution >= 0.6 is 11.6 Å². The zero-order chi connectivity index (χ0) is 24.2. The Bertz CT molecular complexity index is 1020. The Morgan fingerprint density at radius 3 is 2.64 bits per heavy atom. The van der Waals surface area contributed by atoms with Crippen LogP contribution in [0.4, 0.5) is 0 Å². The summed E-state index contributed by atoms with van der Waals surface area (Å²) in [5.41, 5.74) is 0.983. The number of halogens is 1. The summed E-state index contributed by atoms with van der Waals surface area (Å²) in [6, 6.07) is 8.92. The second kappa shape index (κ2) is 10.5. The van der Waals surface area contributed by atoms with E-state index < -0.39 is 5.41 Å². The molecule has 1 aliphatic heterocycles. The molecule has 1 fully saturated rings. The number of carbonyl (C=O) groups excluding carboxylic acids is 3. The predicted molar refractivity (Wildman–Crippen MR) is 127 cm³/mol. The highest BCUT2D eigenvalue weighted by molar-refractivity contribution is 6.32. The molecule has 0 aliphatic carbocycles. The maximum atomic E-state index is 13.6. The Hall–Kier alpha value is -2.71. The maximum Gasteiger partial charge on any atom is 0.240 e. The second-order valence-electron chi connectivity index (χ2n) is 8.95. The van der Waals surface area contributed by atoms with Crippen LogP contribution in [0.15, 0.2) is 30.3 Å². The van der Waals surface area contributed by atoms with Crippen molar-refractivity contribution in [3.63, 3.8) is 0 Å². The van der Waals surface area contributed by atoms with Crippen LogP contribution in [0, 0.1) is 0 Å². The Balaban J connectivity index is 1.86. The van der Waals surface area contributed by atoms with Crippen LogP contribution in [-0.4, -0.2) is 76.9 Å². The molecule has 33 heavy (non-hydrogen) atoms. The number of likely N-dealkylation sites (tertiary alicyclic amines) is 1. The molecule has 0 saturated carbocycles. The molecule has 1 atom stereocenters. The molecule has 3 rings (SSSR count). The monoisotopic (exact) mass is 473 g/mol. The van der Waals surface area contributed by atoms with Gasteiger partial charge in [0.2, 0.25) is 17.7 Å². The fourth-order valence-corrected chi connectivity index (χ4v) is 4.55. The predicted octanol–water partition coefficient (Wildman–Crippen LogP) is 2.62. The third kappa shape index (κ3) is 5.45. The molecule has 0 spiro atoms. The molecule has 0 bridgehead atoms. The summed E-state index contributed by atoms with van der Waals surface area (Å²) >= 11 is 6.48. The number of H-pyrrole nitrogens is 1. The van der Waals surface area contributed by atoms with E-state index >= 15 is 0 Å². The smallest absolute Gasteiger partial charge is 0.240 e. The van der Waals surface area contributed by atoms with Crippen molar-refractivity contribution >= 4 is 29.3 Å². The normalized spacial score (nSPS) is 18.4. The van der Waals surface area contributed by atoms with E-state index in [0.717, 1.165) is 24.2 Å². The fourth-order valence-electron chi connectivity index (χ4n) is 4.23. The number of rotatable bonds is 10. The topological polar surface area (TPSA) is 89.6 Å². The van der Waals surface area contributed by atoms with Crippen LogP contribution in [0.25, 0.3) is 0 Å². The van der Waals surface area contributed by atoms with Crippen LogP contribution in [-0.2, 0) is 32.8 Å². The second-order valence-corrected chi connectivity index (χ2v) is 9.36. The SMILES string of the molecule is CCCc1cc(CN(C)C(=O)C[C@]2(c3ccccc3Cl)CC(=O)N(CCN(C)C)C2=O)[nH]n1. The quantitative estimate of drug-likeness (QED) is 0.536. The van der Waals surface area contributed by atoms with Crippen molar-refractivity contribution in [2.45, 2.75) is 44.6 Å². The van der Waals surface area contributed by atoms with Crippen LogP contribution in [0.3, 0.4) is 0 Å². The zero-order valence-electron chi connectivity index (χ0n) is 19.7. The molecular weight excluding hydrogens is 442 g/mol. The standard InChI is InChI=1S/C24H32ClN5O3/c1-5-8-17-13-18(27-26-17)16-29(4)21(31)14-24(19-9-6-7-10-20(19)25)15-22(32)30(23(24)33)12-11-28(2)3/h6-7,9-10,13H,5,8,11-12,14-16H2,1-4H3,(H,26,27)/t24-/m1/s1. The van der Waals surface area contributed by atoms with Crippen LogP contribution in [0.2, 0.25) is 5.02 Å². The number of nitrogens with zero attached hydrogens (tertiary/aromatic N) is 4. The molecule has 3 amide bonds. The molecule has 178 valence electrons. The Morgan fingerprint density at radius 2 is 1.97 bits per heavy atom. The summed E-state index contributed by atoms with van der Waals surface area (Å²) in [5.74, 6) is -0.886. The van der Waals surface area contributed by atoms with Crippen molar-refractivity contribution in [2.24, 2.45) is 0 Å². The first-order valence-electron chi connectivity index (χ1n) is 11.2. The zero-order valence-corrected chi connectivity index (χ0v) is 20.5. The van der Waals surface area contributed by atoms with Gasteiger partial charge < -0.3 is 9.80 Å². The minimum absolute atomic E-state index is 0.0761. The van der Waals surface area contributed by atoms with Crippen molar-refractivity contribution in [2.75, 3.05) is 34.2 Å². The molecule has 0 radical (unpaired) electrons. The molecule has 2 heterocycles. The molecular formula is C24H32ClN5O3. The maximum absolute atomic E-state index is 13.6. The van der Waals surface area contributed by atoms with Gasteiger partial charge in [-0.1, -0.05) is 43.1 Å². The lowest BCUT2D eigenvalue weighted by Crippen LogP contribution is -2.44. The Kier molecular flexibility index (Phi) is 7.92. The van der Waals surface area contributed by atoms with Gasteiger partial charge in [-0.25, -0.2) is 0 Å². The molecule has 1 aromatic carbocycles. The average molecular weight is 474 g/mol. The van der Waals surface area contributed by atoms with Gasteiger partial charge in [-0.15, -0.1) is 0 Å². The first-order chi connectivity index (χ1) is 15.7. The number of likely N-dealkylation sites (N-methyl/N-ethyl adjacent to an activating group) is 1. The van der Waals surface area contributed by atoms with Crippen LogP contribution < -0.4 is 0 Å². The molecule has 1 aliphatic rings. The summed E-state index contributed by atoms with van der Waals surface area (Å²) in [6.07, 6.45) is 1.64. The van der Waals surface area contributed by atoms with E-state index in [-0.39, 0.29) is 37.1 Å². The molecule has 8 nitrogen and oxygen atoms in total. The van der Waals surface area contributed by atoms with Crippen molar-refractivity contribution in [3.8, 4) is 0 Å². The van der Waals surface area contributed by atoms with Gasteiger partial charge in [0.05, 0.1) is 23.3 Å². The number of hydrogen-bond donors (Lipinski definition) is 1. The lowest BCUT2D eigenvalue weighted by atomic mass is 9.75. The number of nitrogens with one attached hydrogen (secondary N) is 1. The van der Waals surface area contributed by atoms with Gasteiger partial charge in [0.25, 0.3) is 0 Å². The third-order valence-electron chi connectivity index (χ3n) is 6.05. The van der Waals surface area contributed by atoms with Gasteiger partial charge in [-0.2, -0.15) is 5.10 Å². The minimum atomic E-state index is -1.31. The molecule has 1 N–H and O–H groups in total. The van der Waals surface area contributed by atoms with Crippen LogP contribution in [0.1, 0.15) is 43.1 Å². The van der Waals surface area contributed by atoms with Gasteiger partial charge in [0, 0.05) is 38.0 Å². The van der Waals surface area contributed by atoms with Crippen molar-refractivity contribution in [3.05, 3.63) is 52.3 Å². The van der Waals surface area contributed by atoms with E-state index in [1.807, 2.05) is 25.1 Å². The number of aromatic amines is 1. The summed E-state index contributed by atoms with van der Waals surface area (Å²) in [4.78, 5) is 44.6. The number of carbonyl (C=O) groups is 3. The van der Waals surface area contributed by atoms with E-state index in [4.69, 9.17) is 11.6 Å². The Morgan fingerprint density at radius 1 is 1.24 bits per heavy atom. The van der Waals surface area contributed by atoms with E-state index in [1.165, 1.54) is 4.90 Å². The minimum Gasteiger partial charge on any atom is -0.340 e. The number of aryl methyl sites for hydroxylation is 1. The van der Waals surface area contributed by atoms with Crippen molar-refractivity contribution in [1.82, 2.24) is 24.9 Å². The van der Waals surface area contributed by atoms with E-state index in [0.29, 0.717) is 23.7 Å². The van der Waals surface area contributed by atoms with Crippen molar-refractivity contribution in [1.29, 1.82) is 0 Å². The van der Waals surface area contributed by atoms with E-state index in [1.54, 1.807) is 36.2 Å². The van der Waals surface area contributed by atoms with Gasteiger partial charge in [-0.05, 0) is 38.2 Å². The Labute approximate surface area is 199 Å².